The predicted molar refractivity (Wildman–Crippen MR) is 137 cm³/mol. The smallest absolute Gasteiger partial charge is 0.252 e. The highest BCUT2D eigenvalue weighted by Crippen LogP contribution is 2.36. The summed E-state index contributed by atoms with van der Waals surface area (Å²) in [5.41, 5.74) is 1.69. The van der Waals surface area contributed by atoms with Crippen LogP contribution in [0.4, 0.5) is 0 Å². The number of carbonyl (C=O) groups excluding carboxylic acids is 1. The van der Waals surface area contributed by atoms with Crippen LogP contribution in [0.3, 0.4) is 0 Å². The maximum Gasteiger partial charge on any atom is 0.252 e. The van der Waals surface area contributed by atoms with E-state index in [0.29, 0.717) is 12.3 Å². The normalized spacial score (nSPS) is 18.9. The molecule has 1 aliphatic carbocycles. The fourth-order valence-corrected chi connectivity index (χ4v) is 5.32. The number of carbonyl (C=O) groups is 1. The molecule has 7 nitrogen and oxygen atoms in total. The Bertz CT molecular complexity index is 1100. The quantitative estimate of drug-likeness (QED) is 0.447. The summed E-state index contributed by atoms with van der Waals surface area (Å²) >= 11 is 0. The van der Waals surface area contributed by atoms with Gasteiger partial charge in [-0.3, -0.25) is 4.79 Å². The molecule has 0 bridgehead atoms. The lowest BCUT2D eigenvalue weighted by Crippen LogP contribution is -2.54. The number of methoxy groups -OCH3 is 1. The van der Waals surface area contributed by atoms with Gasteiger partial charge in [0.25, 0.3) is 5.91 Å². The van der Waals surface area contributed by atoms with Gasteiger partial charge < -0.3 is 19.5 Å². The third kappa shape index (κ3) is 5.68. The summed E-state index contributed by atoms with van der Waals surface area (Å²) in [7, 11) is 1.65. The van der Waals surface area contributed by atoms with Gasteiger partial charge in [0.1, 0.15) is 5.60 Å². The summed E-state index contributed by atoms with van der Waals surface area (Å²) in [5.74, 6) is 1.84. The van der Waals surface area contributed by atoms with Gasteiger partial charge in [0.05, 0.1) is 6.04 Å². The fourth-order valence-electron chi connectivity index (χ4n) is 5.32. The summed E-state index contributed by atoms with van der Waals surface area (Å²) in [6, 6.07) is 20.5. The van der Waals surface area contributed by atoms with Gasteiger partial charge in [-0.15, -0.1) is 0 Å². The number of aromatic nitrogens is 2. The highest BCUT2D eigenvalue weighted by Gasteiger charge is 2.45. The largest absolute Gasteiger partial charge is 0.368 e. The number of piperidine rings is 1. The Morgan fingerprint density at radius 2 is 1.81 bits per heavy atom. The van der Waals surface area contributed by atoms with Crippen molar-refractivity contribution in [2.75, 3.05) is 26.7 Å². The second-order valence-corrected chi connectivity index (χ2v) is 10.1. The predicted octanol–water partition coefficient (Wildman–Crippen LogP) is 4.66. The summed E-state index contributed by atoms with van der Waals surface area (Å²) in [4.78, 5) is 20.2. The summed E-state index contributed by atoms with van der Waals surface area (Å²) < 4.78 is 11.2. The van der Waals surface area contributed by atoms with Crippen molar-refractivity contribution < 1.29 is 14.1 Å². The SMILES string of the molecule is COC1(C(=O)N[C@@H](CCN2CCC(c3nc(Cc4ccccc4)no3)CC2)c2ccccc2)CCC1. The first-order valence-electron chi connectivity index (χ1n) is 13.1. The molecular weight excluding hydrogens is 452 g/mol. The van der Waals surface area contributed by atoms with Crippen molar-refractivity contribution in [2.24, 2.45) is 0 Å². The van der Waals surface area contributed by atoms with Crippen LogP contribution in [0.25, 0.3) is 0 Å². The summed E-state index contributed by atoms with van der Waals surface area (Å²) in [6.45, 7) is 2.90. The zero-order chi connectivity index (χ0) is 24.8. The Labute approximate surface area is 213 Å². The van der Waals surface area contributed by atoms with Gasteiger partial charge in [-0.1, -0.05) is 65.8 Å². The van der Waals surface area contributed by atoms with E-state index in [4.69, 9.17) is 9.26 Å². The van der Waals surface area contributed by atoms with E-state index in [1.165, 1.54) is 5.56 Å². The van der Waals surface area contributed by atoms with Crippen LogP contribution in [0.15, 0.2) is 65.2 Å². The number of hydrogen-bond donors (Lipinski definition) is 1. The molecule has 5 rings (SSSR count). The molecule has 1 atom stereocenters. The first kappa shape index (κ1) is 24.7. The first-order valence-corrected chi connectivity index (χ1v) is 13.1. The van der Waals surface area contributed by atoms with E-state index in [2.05, 4.69) is 44.6 Å². The highest BCUT2D eigenvalue weighted by atomic mass is 16.5. The highest BCUT2D eigenvalue weighted by molar-refractivity contribution is 5.86. The second-order valence-electron chi connectivity index (χ2n) is 10.1. The van der Waals surface area contributed by atoms with E-state index in [-0.39, 0.29) is 11.9 Å². The average Bonchev–Trinajstić information content (AvgIpc) is 3.36. The number of benzene rings is 2. The number of amides is 1. The van der Waals surface area contributed by atoms with Crippen molar-refractivity contribution >= 4 is 5.91 Å². The Kier molecular flexibility index (Phi) is 7.78. The van der Waals surface area contributed by atoms with Crippen LogP contribution < -0.4 is 5.32 Å². The zero-order valence-electron chi connectivity index (χ0n) is 21.1. The van der Waals surface area contributed by atoms with E-state index in [1.807, 2.05) is 36.4 Å². The van der Waals surface area contributed by atoms with Gasteiger partial charge in [0.15, 0.2) is 5.82 Å². The number of rotatable bonds is 10. The molecule has 7 heteroatoms. The average molecular weight is 489 g/mol. The van der Waals surface area contributed by atoms with Crippen LogP contribution in [-0.4, -0.2) is 53.3 Å². The topological polar surface area (TPSA) is 80.5 Å². The molecule has 2 fully saturated rings. The van der Waals surface area contributed by atoms with Crippen LogP contribution in [0.5, 0.6) is 0 Å². The lowest BCUT2D eigenvalue weighted by atomic mass is 9.79. The minimum Gasteiger partial charge on any atom is -0.368 e. The van der Waals surface area contributed by atoms with Gasteiger partial charge in [0, 0.05) is 26.0 Å². The fraction of sp³-hybridized carbons (Fsp3) is 0.483. The Morgan fingerprint density at radius 3 is 2.44 bits per heavy atom. The number of nitrogens with zero attached hydrogens (tertiary/aromatic N) is 3. The first-order chi connectivity index (χ1) is 17.6. The minimum absolute atomic E-state index is 0.0199. The van der Waals surface area contributed by atoms with Crippen LogP contribution in [0.2, 0.25) is 0 Å². The Balaban J connectivity index is 1.14. The third-order valence-corrected chi connectivity index (χ3v) is 7.83. The van der Waals surface area contributed by atoms with Gasteiger partial charge in [-0.05, 0) is 62.7 Å². The molecule has 0 radical (unpaired) electrons. The van der Waals surface area contributed by atoms with E-state index in [0.717, 1.165) is 75.4 Å². The molecule has 2 heterocycles. The lowest BCUT2D eigenvalue weighted by Gasteiger charge is -2.40. The number of hydrogen-bond acceptors (Lipinski definition) is 6. The molecule has 1 N–H and O–H groups in total. The molecule has 0 unspecified atom stereocenters. The van der Waals surface area contributed by atoms with Gasteiger partial charge in [0.2, 0.25) is 5.89 Å². The monoisotopic (exact) mass is 488 g/mol. The molecule has 3 aromatic rings. The van der Waals surface area contributed by atoms with Crippen molar-refractivity contribution in [1.82, 2.24) is 20.4 Å². The van der Waals surface area contributed by atoms with Crippen molar-refractivity contribution in [2.45, 2.75) is 62.5 Å². The number of nitrogens with one attached hydrogen (secondary N) is 1. The van der Waals surface area contributed by atoms with Crippen molar-refractivity contribution in [3.05, 3.63) is 83.5 Å². The van der Waals surface area contributed by atoms with Crippen LogP contribution in [0, 0.1) is 0 Å². The summed E-state index contributed by atoms with van der Waals surface area (Å²) in [5, 5.41) is 7.51. The van der Waals surface area contributed by atoms with Gasteiger partial charge in [-0.25, -0.2) is 0 Å². The summed E-state index contributed by atoms with van der Waals surface area (Å²) in [6.07, 6.45) is 6.20. The molecule has 1 aliphatic heterocycles. The molecule has 1 saturated carbocycles. The van der Waals surface area contributed by atoms with Crippen molar-refractivity contribution in [3.63, 3.8) is 0 Å². The van der Waals surface area contributed by atoms with Gasteiger partial charge >= 0.3 is 0 Å². The van der Waals surface area contributed by atoms with Crippen LogP contribution in [0.1, 0.15) is 73.3 Å². The zero-order valence-corrected chi connectivity index (χ0v) is 21.1. The van der Waals surface area contributed by atoms with E-state index < -0.39 is 5.60 Å². The molecule has 190 valence electrons. The molecule has 2 aromatic carbocycles. The van der Waals surface area contributed by atoms with Gasteiger partial charge in [-0.2, -0.15) is 4.98 Å². The van der Waals surface area contributed by atoms with Crippen LogP contribution in [-0.2, 0) is 16.0 Å². The third-order valence-electron chi connectivity index (χ3n) is 7.83. The van der Waals surface area contributed by atoms with E-state index >= 15 is 0 Å². The van der Waals surface area contributed by atoms with Crippen molar-refractivity contribution in [1.29, 1.82) is 0 Å². The molecule has 1 saturated heterocycles. The molecule has 0 spiro atoms. The Hall–Kier alpha value is -3.03. The Morgan fingerprint density at radius 1 is 1.11 bits per heavy atom. The van der Waals surface area contributed by atoms with E-state index in [1.54, 1.807) is 7.11 Å². The van der Waals surface area contributed by atoms with E-state index in [9.17, 15) is 4.79 Å². The molecule has 2 aliphatic rings. The standard InChI is InChI=1S/C29H36N4O3/c1-35-29(16-8-17-29)28(34)30-25(23-11-6-3-7-12-23)15-20-33-18-13-24(14-19-33)27-31-26(32-36-27)21-22-9-4-2-5-10-22/h2-7,9-12,24-25H,8,13-21H2,1H3,(H,30,34)/t25-/m0/s1. The number of ether oxygens (including phenoxy) is 1. The molecular formula is C29H36N4O3. The minimum atomic E-state index is -0.644. The maximum atomic E-state index is 13.1. The second kappa shape index (κ2) is 11.4. The number of likely N-dealkylation sites (tertiary alicyclic amines) is 1. The van der Waals surface area contributed by atoms with Crippen LogP contribution >= 0.6 is 0 Å². The molecule has 36 heavy (non-hydrogen) atoms. The maximum absolute atomic E-state index is 13.1. The van der Waals surface area contributed by atoms with Crippen molar-refractivity contribution in [3.8, 4) is 0 Å². The molecule has 1 aromatic heterocycles. The lowest BCUT2D eigenvalue weighted by molar-refractivity contribution is -0.155. The molecule has 1 amide bonds.